The molecule has 0 bridgehead atoms. The molecule has 0 unspecified atom stereocenters. The minimum absolute atomic E-state index is 0.0341. The van der Waals surface area contributed by atoms with Crippen LogP contribution in [0.3, 0.4) is 0 Å². The third-order valence-electron chi connectivity index (χ3n) is 2.10. The SMILES string of the molecule is COc1cc(C(=O)CN)c(Br)cc1OC(C)C. The van der Waals surface area contributed by atoms with Crippen molar-refractivity contribution >= 4 is 21.7 Å². The molecule has 0 aliphatic rings. The third kappa shape index (κ3) is 3.44. The maximum atomic E-state index is 11.6. The van der Waals surface area contributed by atoms with E-state index in [2.05, 4.69) is 15.9 Å². The summed E-state index contributed by atoms with van der Waals surface area (Å²) in [4.78, 5) is 11.6. The van der Waals surface area contributed by atoms with Crippen LogP contribution in [-0.2, 0) is 0 Å². The largest absolute Gasteiger partial charge is 0.493 e. The fourth-order valence-electron chi connectivity index (χ4n) is 1.36. The highest BCUT2D eigenvalue weighted by Gasteiger charge is 2.15. The van der Waals surface area contributed by atoms with Crippen molar-refractivity contribution in [1.29, 1.82) is 0 Å². The van der Waals surface area contributed by atoms with E-state index in [0.717, 1.165) is 0 Å². The molecule has 0 spiro atoms. The van der Waals surface area contributed by atoms with Gasteiger partial charge in [-0.1, -0.05) is 0 Å². The molecule has 0 atom stereocenters. The van der Waals surface area contributed by atoms with Gasteiger partial charge in [0.2, 0.25) is 0 Å². The number of benzene rings is 1. The first-order valence-electron chi connectivity index (χ1n) is 5.27. The molecule has 0 fully saturated rings. The summed E-state index contributed by atoms with van der Waals surface area (Å²) in [6.45, 7) is 3.81. The van der Waals surface area contributed by atoms with E-state index < -0.39 is 0 Å². The van der Waals surface area contributed by atoms with Gasteiger partial charge in [0.05, 0.1) is 19.8 Å². The summed E-state index contributed by atoms with van der Waals surface area (Å²) >= 11 is 3.33. The lowest BCUT2D eigenvalue weighted by Gasteiger charge is -2.15. The van der Waals surface area contributed by atoms with Crippen LogP contribution in [0.2, 0.25) is 0 Å². The molecule has 2 N–H and O–H groups in total. The summed E-state index contributed by atoms with van der Waals surface area (Å²) in [6, 6.07) is 3.36. The summed E-state index contributed by atoms with van der Waals surface area (Å²) in [5.74, 6) is 0.980. The molecule has 0 radical (unpaired) electrons. The quantitative estimate of drug-likeness (QED) is 0.848. The van der Waals surface area contributed by atoms with E-state index in [9.17, 15) is 4.79 Å². The van der Waals surface area contributed by atoms with Crippen molar-refractivity contribution in [3.8, 4) is 11.5 Å². The van der Waals surface area contributed by atoms with Gasteiger partial charge in [-0.25, -0.2) is 0 Å². The molecule has 0 heterocycles. The van der Waals surface area contributed by atoms with Gasteiger partial charge in [-0.15, -0.1) is 0 Å². The average Bonchev–Trinajstić information content (AvgIpc) is 2.27. The molecule has 0 aromatic heterocycles. The van der Waals surface area contributed by atoms with Gasteiger partial charge in [-0.3, -0.25) is 4.79 Å². The number of carbonyl (C=O) groups excluding carboxylic acids is 1. The second kappa shape index (κ2) is 6.02. The second-order valence-electron chi connectivity index (χ2n) is 3.78. The molecule has 5 heteroatoms. The summed E-state index contributed by atoms with van der Waals surface area (Å²) in [7, 11) is 1.53. The number of carbonyl (C=O) groups is 1. The highest BCUT2D eigenvalue weighted by Crippen LogP contribution is 2.34. The Bertz CT molecular complexity index is 418. The van der Waals surface area contributed by atoms with Gasteiger partial charge in [-0.2, -0.15) is 0 Å². The van der Waals surface area contributed by atoms with E-state index in [1.807, 2.05) is 13.8 Å². The molecule has 1 aromatic rings. The number of Topliss-reactive ketones (excluding diaryl/α,β-unsaturated/α-hetero) is 1. The predicted molar refractivity (Wildman–Crippen MR) is 69.8 cm³/mol. The van der Waals surface area contributed by atoms with Crippen LogP contribution in [-0.4, -0.2) is 25.5 Å². The first-order valence-corrected chi connectivity index (χ1v) is 6.06. The standard InChI is InChI=1S/C12H16BrNO3/c1-7(2)17-12-5-9(13)8(10(15)6-14)4-11(12)16-3/h4-5,7H,6,14H2,1-3H3. The van der Waals surface area contributed by atoms with E-state index in [-0.39, 0.29) is 18.4 Å². The molecule has 0 saturated carbocycles. The lowest BCUT2D eigenvalue weighted by atomic mass is 10.1. The molecule has 0 aliphatic heterocycles. The normalized spacial score (nSPS) is 10.5. The average molecular weight is 302 g/mol. The van der Waals surface area contributed by atoms with Crippen LogP contribution in [0.25, 0.3) is 0 Å². The number of hydrogen-bond acceptors (Lipinski definition) is 4. The number of halogens is 1. The van der Waals surface area contributed by atoms with Gasteiger partial charge < -0.3 is 15.2 Å². The Labute approximate surface area is 109 Å². The van der Waals surface area contributed by atoms with Gasteiger partial charge in [0, 0.05) is 10.0 Å². The van der Waals surface area contributed by atoms with Crippen molar-refractivity contribution in [2.24, 2.45) is 5.73 Å². The summed E-state index contributed by atoms with van der Waals surface area (Å²) in [5.41, 5.74) is 5.84. The monoisotopic (exact) mass is 301 g/mol. The lowest BCUT2D eigenvalue weighted by Crippen LogP contribution is -2.15. The number of hydrogen-bond donors (Lipinski definition) is 1. The fraction of sp³-hybridized carbons (Fsp3) is 0.417. The second-order valence-corrected chi connectivity index (χ2v) is 4.63. The van der Waals surface area contributed by atoms with E-state index >= 15 is 0 Å². The first-order chi connectivity index (χ1) is 7.99. The van der Waals surface area contributed by atoms with Crippen LogP contribution in [0, 0.1) is 0 Å². The minimum atomic E-state index is -0.147. The first kappa shape index (κ1) is 14.0. The van der Waals surface area contributed by atoms with E-state index in [1.54, 1.807) is 12.1 Å². The fourth-order valence-corrected chi connectivity index (χ4v) is 1.91. The third-order valence-corrected chi connectivity index (χ3v) is 2.76. The Hall–Kier alpha value is -1.07. The van der Waals surface area contributed by atoms with Crippen LogP contribution in [0.1, 0.15) is 24.2 Å². The van der Waals surface area contributed by atoms with Gasteiger partial charge in [0.15, 0.2) is 17.3 Å². The summed E-state index contributed by atoms with van der Waals surface area (Å²) < 4.78 is 11.4. The number of nitrogens with two attached hydrogens (primary N) is 1. The summed E-state index contributed by atoms with van der Waals surface area (Å²) in [5, 5.41) is 0. The zero-order valence-electron chi connectivity index (χ0n) is 10.1. The summed E-state index contributed by atoms with van der Waals surface area (Å²) in [6.07, 6.45) is 0.0341. The van der Waals surface area contributed by atoms with E-state index in [1.165, 1.54) is 7.11 Å². The van der Waals surface area contributed by atoms with Crippen LogP contribution >= 0.6 is 15.9 Å². The number of rotatable bonds is 5. The highest BCUT2D eigenvalue weighted by molar-refractivity contribution is 9.10. The van der Waals surface area contributed by atoms with Gasteiger partial charge >= 0.3 is 0 Å². The Morgan fingerprint density at radius 3 is 2.53 bits per heavy atom. The van der Waals surface area contributed by atoms with E-state index in [0.29, 0.717) is 21.5 Å². The minimum Gasteiger partial charge on any atom is -0.493 e. The van der Waals surface area contributed by atoms with Crippen molar-refractivity contribution in [2.75, 3.05) is 13.7 Å². The smallest absolute Gasteiger partial charge is 0.177 e. The molecule has 17 heavy (non-hydrogen) atoms. The molecule has 1 aromatic carbocycles. The molecular formula is C12H16BrNO3. The lowest BCUT2D eigenvalue weighted by molar-refractivity contribution is 0.1000. The highest BCUT2D eigenvalue weighted by atomic mass is 79.9. The topological polar surface area (TPSA) is 61.5 Å². The van der Waals surface area contributed by atoms with Crippen molar-refractivity contribution in [3.05, 3.63) is 22.2 Å². The Kier molecular flexibility index (Phi) is 4.96. The number of ether oxygens (including phenoxy) is 2. The number of methoxy groups -OCH3 is 1. The molecule has 0 amide bonds. The Balaban J connectivity index is 3.19. The van der Waals surface area contributed by atoms with Crippen LogP contribution in [0.5, 0.6) is 11.5 Å². The van der Waals surface area contributed by atoms with Crippen molar-refractivity contribution in [1.82, 2.24) is 0 Å². The van der Waals surface area contributed by atoms with Crippen molar-refractivity contribution in [3.63, 3.8) is 0 Å². The number of ketones is 1. The molecular weight excluding hydrogens is 286 g/mol. The predicted octanol–water partition coefficient (Wildman–Crippen LogP) is 2.39. The van der Waals surface area contributed by atoms with Crippen LogP contribution < -0.4 is 15.2 Å². The molecule has 0 saturated heterocycles. The van der Waals surface area contributed by atoms with Crippen molar-refractivity contribution < 1.29 is 14.3 Å². The van der Waals surface area contributed by atoms with E-state index in [4.69, 9.17) is 15.2 Å². The van der Waals surface area contributed by atoms with Crippen molar-refractivity contribution in [2.45, 2.75) is 20.0 Å². The zero-order valence-corrected chi connectivity index (χ0v) is 11.7. The zero-order chi connectivity index (χ0) is 13.0. The molecule has 4 nitrogen and oxygen atoms in total. The van der Waals surface area contributed by atoms with Gasteiger partial charge in [0.1, 0.15) is 0 Å². The molecule has 1 rings (SSSR count). The Morgan fingerprint density at radius 1 is 1.41 bits per heavy atom. The maximum absolute atomic E-state index is 11.6. The van der Waals surface area contributed by atoms with Crippen LogP contribution in [0.15, 0.2) is 16.6 Å². The molecule has 94 valence electrons. The van der Waals surface area contributed by atoms with Gasteiger partial charge in [-0.05, 0) is 41.9 Å². The maximum Gasteiger partial charge on any atom is 0.177 e. The Morgan fingerprint density at radius 2 is 2.06 bits per heavy atom. The van der Waals surface area contributed by atoms with Crippen LogP contribution in [0.4, 0.5) is 0 Å². The van der Waals surface area contributed by atoms with Gasteiger partial charge in [0.25, 0.3) is 0 Å². The molecule has 0 aliphatic carbocycles.